The molecule has 0 amide bonds. The van der Waals surface area contributed by atoms with Crippen molar-refractivity contribution in [2.75, 3.05) is 0 Å². The molecule has 3 rings (SSSR count). The summed E-state index contributed by atoms with van der Waals surface area (Å²) in [4.78, 5) is 18.9. The summed E-state index contributed by atoms with van der Waals surface area (Å²) in [5, 5.41) is 0. The van der Waals surface area contributed by atoms with Gasteiger partial charge < -0.3 is 9.79 Å². The minimum atomic E-state index is -5.02. The molecule has 0 unspecified atom stereocenters. The highest BCUT2D eigenvalue weighted by atomic mass is 31.3. The van der Waals surface area contributed by atoms with Gasteiger partial charge in [0.2, 0.25) is 0 Å². The molecule has 0 aliphatic heterocycles. The zero-order valence-corrected chi connectivity index (χ0v) is 15.8. The summed E-state index contributed by atoms with van der Waals surface area (Å²) < 4.78 is 33.8. The van der Waals surface area contributed by atoms with Crippen molar-refractivity contribution in [3.63, 3.8) is 0 Å². The van der Waals surface area contributed by atoms with Gasteiger partial charge in [0.05, 0.1) is 0 Å². The van der Waals surface area contributed by atoms with Crippen molar-refractivity contribution in [1.82, 2.24) is 0 Å². The zero-order chi connectivity index (χ0) is 19.2. The lowest BCUT2D eigenvalue weighted by Gasteiger charge is -2.20. The van der Waals surface area contributed by atoms with E-state index in [1.54, 1.807) is 91.0 Å². The van der Waals surface area contributed by atoms with Crippen LogP contribution in [-0.2, 0) is 8.88 Å². The molecule has 9 heteroatoms. The van der Waals surface area contributed by atoms with Crippen LogP contribution in [0.1, 0.15) is 0 Å². The summed E-state index contributed by atoms with van der Waals surface area (Å²) in [6.07, 6.45) is 0. The monoisotopic (exact) mass is 407 g/mol. The normalized spacial score (nSPS) is 11.6. The third-order valence-electron chi connectivity index (χ3n) is 3.09. The molecule has 0 heterocycles. The third-order valence-corrected chi connectivity index (χ3v) is 6.04. The summed E-state index contributed by atoms with van der Waals surface area (Å²) in [5.74, 6) is 0.809. The molecule has 0 aromatic heterocycles. The van der Waals surface area contributed by atoms with Crippen LogP contribution in [-0.4, -0.2) is 9.79 Å². The van der Waals surface area contributed by atoms with Crippen molar-refractivity contribution in [2.24, 2.45) is 0 Å². The van der Waals surface area contributed by atoms with E-state index in [1.165, 1.54) is 0 Å². The smallest absolute Gasteiger partial charge is 0.300 e. The topological polar surface area (TPSA) is 94.5 Å². The van der Waals surface area contributed by atoms with Gasteiger partial charge in [-0.1, -0.05) is 54.6 Å². The fourth-order valence-corrected chi connectivity index (χ4v) is 4.76. The molecule has 2 N–H and O–H groups in total. The van der Waals surface area contributed by atoms with Gasteiger partial charge in [0.1, 0.15) is 0 Å². The van der Waals surface area contributed by atoms with E-state index in [-0.39, 0.29) is 17.2 Å². The predicted molar refractivity (Wildman–Crippen MR) is 101 cm³/mol. The maximum absolute atomic E-state index is 11.7. The molecule has 0 aliphatic carbocycles. The van der Waals surface area contributed by atoms with Crippen molar-refractivity contribution in [3.05, 3.63) is 91.0 Å². The quantitative estimate of drug-likeness (QED) is 0.507. The van der Waals surface area contributed by atoms with Crippen LogP contribution in [0, 0.1) is 0 Å². The maximum Gasteiger partial charge on any atom is 0.728 e. The maximum atomic E-state index is 11.7. The Morgan fingerprint density at radius 1 is 0.593 bits per heavy atom. The first kappa shape index (κ1) is 19.4. The standard InChI is InChI=1S/C18H16O7P2/c19-26(20,21)25-27(22-16-10-4-1-5-11-16,23-17-12-6-2-7-13-17)24-18-14-8-3-9-15-18/h1-15H,(H-,19,20,21)/p+1. The van der Waals surface area contributed by atoms with Crippen LogP contribution in [0.3, 0.4) is 0 Å². The second kappa shape index (κ2) is 8.53. The van der Waals surface area contributed by atoms with E-state index in [9.17, 15) is 14.4 Å². The van der Waals surface area contributed by atoms with E-state index < -0.39 is 16.0 Å². The number of phosphoric acid groups is 1. The van der Waals surface area contributed by atoms with Crippen molar-refractivity contribution in [2.45, 2.75) is 0 Å². The number of hydrogen-bond acceptors (Lipinski definition) is 5. The summed E-state index contributed by atoms with van der Waals surface area (Å²) >= 11 is 0. The minimum Gasteiger partial charge on any atom is -0.300 e. The van der Waals surface area contributed by atoms with Gasteiger partial charge in [0.15, 0.2) is 17.2 Å². The van der Waals surface area contributed by atoms with Crippen LogP contribution in [0.2, 0.25) is 0 Å². The van der Waals surface area contributed by atoms with E-state index in [2.05, 4.69) is 0 Å². The fraction of sp³-hybridized carbons (Fsp3) is 0. The second-order valence-electron chi connectivity index (χ2n) is 5.23. The fourth-order valence-electron chi connectivity index (χ4n) is 2.07. The van der Waals surface area contributed by atoms with Crippen molar-refractivity contribution >= 4 is 16.0 Å². The molecule has 0 spiro atoms. The second-order valence-corrected chi connectivity index (χ2v) is 8.31. The summed E-state index contributed by atoms with van der Waals surface area (Å²) in [7, 11) is -9.07. The SMILES string of the molecule is O=P(O)(O)O[P+](Oc1ccccc1)(Oc1ccccc1)Oc1ccccc1. The highest BCUT2D eigenvalue weighted by Crippen LogP contribution is 2.69. The average molecular weight is 407 g/mol. The van der Waals surface area contributed by atoms with Crippen molar-refractivity contribution in [3.8, 4) is 17.2 Å². The van der Waals surface area contributed by atoms with E-state index in [1.807, 2.05) is 0 Å². The average Bonchev–Trinajstić information content (AvgIpc) is 2.62. The van der Waals surface area contributed by atoms with Gasteiger partial charge in [-0.25, -0.2) is 18.1 Å². The number of rotatable bonds is 8. The Morgan fingerprint density at radius 2 is 0.889 bits per heavy atom. The van der Waals surface area contributed by atoms with Crippen LogP contribution < -0.4 is 13.6 Å². The van der Waals surface area contributed by atoms with Crippen LogP contribution >= 0.6 is 16.0 Å². The molecule has 0 bridgehead atoms. The van der Waals surface area contributed by atoms with Crippen LogP contribution in [0.4, 0.5) is 0 Å². The summed E-state index contributed by atoms with van der Waals surface area (Å²) in [5.41, 5.74) is 0. The van der Waals surface area contributed by atoms with Crippen LogP contribution in [0.5, 0.6) is 17.2 Å². The highest BCUT2D eigenvalue weighted by Gasteiger charge is 2.60. The van der Waals surface area contributed by atoms with Gasteiger partial charge in [-0.3, -0.25) is 0 Å². The lowest BCUT2D eigenvalue weighted by molar-refractivity contribution is 0.212. The number of hydrogen-bond donors (Lipinski definition) is 2. The molecule has 0 saturated heterocycles. The third kappa shape index (κ3) is 6.07. The van der Waals surface area contributed by atoms with Gasteiger partial charge >= 0.3 is 16.0 Å². The summed E-state index contributed by atoms with van der Waals surface area (Å²) in [6.45, 7) is 0. The Morgan fingerprint density at radius 3 is 1.15 bits per heavy atom. The Labute approximate surface area is 157 Å². The van der Waals surface area contributed by atoms with Crippen LogP contribution in [0.25, 0.3) is 0 Å². The van der Waals surface area contributed by atoms with Gasteiger partial charge in [-0.2, -0.15) is 0 Å². The molecule has 0 fully saturated rings. The molecular formula is C18H17O7P2+. The van der Waals surface area contributed by atoms with E-state index in [0.29, 0.717) is 0 Å². The number of para-hydroxylation sites is 3. The molecule has 140 valence electrons. The van der Waals surface area contributed by atoms with Crippen molar-refractivity contribution < 1.29 is 32.2 Å². The molecule has 0 atom stereocenters. The largest absolute Gasteiger partial charge is 0.728 e. The van der Waals surface area contributed by atoms with Crippen molar-refractivity contribution in [1.29, 1.82) is 0 Å². The highest BCUT2D eigenvalue weighted by molar-refractivity contribution is 7.66. The van der Waals surface area contributed by atoms with E-state index >= 15 is 0 Å². The summed E-state index contributed by atoms with van der Waals surface area (Å²) in [6, 6.07) is 25.1. The first-order valence-electron chi connectivity index (χ1n) is 7.84. The molecule has 7 nitrogen and oxygen atoms in total. The Hall–Kier alpha value is -2.40. The first-order chi connectivity index (χ1) is 12.9. The van der Waals surface area contributed by atoms with Gasteiger partial charge in [0.25, 0.3) is 0 Å². The molecule has 3 aromatic carbocycles. The molecule has 0 radical (unpaired) electrons. The number of benzene rings is 3. The predicted octanol–water partition coefficient (Wildman–Crippen LogP) is 5.01. The Bertz CT molecular complexity index is 784. The van der Waals surface area contributed by atoms with E-state index in [0.717, 1.165) is 0 Å². The first-order valence-corrected chi connectivity index (χ1v) is 10.8. The Balaban J connectivity index is 2.02. The lowest BCUT2D eigenvalue weighted by atomic mass is 10.3. The van der Waals surface area contributed by atoms with Gasteiger partial charge in [-0.05, 0) is 40.7 Å². The molecule has 0 saturated carbocycles. The molecule has 27 heavy (non-hydrogen) atoms. The van der Waals surface area contributed by atoms with E-state index in [4.69, 9.17) is 17.9 Å². The Kier molecular flexibility index (Phi) is 6.11. The molecular weight excluding hydrogens is 390 g/mol. The molecule has 3 aromatic rings. The zero-order valence-electron chi connectivity index (χ0n) is 14.0. The van der Waals surface area contributed by atoms with Crippen LogP contribution in [0.15, 0.2) is 91.0 Å². The van der Waals surface area contributed by atoms with Gasteiger partial charge in [-0.15, -0.1) is 0 Å². The minimum absolute atomic E-state index is 0.270. The molecule has 0 aliphatic rings. The van der Waals surface area contributed by atoms with Gasteiger partial charge in [0, 0.05) is 0 Å². The lowest BCUT2D eigenvalue weighted by Crippen LogP contribution is -2.17.